The molecule has 2 atom stereocenters. The topological polar surface area (TPSA) is 75.7 Å². The van der Waals surface area contributed by atoms with Crippen LogP contribution in [0.15, 0.2) is 48.5 Å². The van der Waals surface area contributed by atoms with Crippen LogP contribution in [-0.4, -0.2) is 44.6 Å². The number of ether oxygens (including phenoxy) is 1. The molecule has 2 aromatic carbocycles. The molecule has 0 saturated heterocycles. The first-order valence-electron chi connectivity index (χ1n) is 9.08. The van der Waals surface area contributed by atoms with E-state index in [2.05, 4.69) is 5.32 Å². The van der Waals surface area contributed by atoms with Gasteiger partial charge in [-0.25, -0.2) is 8.42 Å². The van der Waals surface area contributed by atoms with Crippen molar-refractivity contribution < 1.29 is 17.9 Å². The van der Waals surface area contributed by atoms with Gasteiger partial charge >= 0.3 is 0 Å². The van der Waals surface area contributed by atoms with E-state index >= 15 is 0 Å². The first-order valence-corrected chi connectivity index (χ1v) is 10.9. The van der Waals surface area contributed by atoms with Gasteiger partial charge in [0.15, 0.2) is 0 Å². The molecule has 6 nitrogen and oxygen atoms in total. The Bertz CT molecular complexity index is 913. The summed E-state index contributed by atoms with van der Waals surface area (Å²) >= 11 is 0. The number of rotatable bonds is 8. The number of aryl methyl sites for hydroxylation is 2. The van der Waals surface area contributed by atoms with Gasteiger partial charge in [-0.3, -0.25) is 4.79 Å². The van der Waals surface area contributed by atoms with Gasteiger partial charge in [-0.2, -0.15) is 4.31 Å². The molecular formula is C21H28N2O4S. The Balaban J connectivity index is 2.08. The molecule has 2 aromatic rings. The number of sulfonamides is 1. The summed E-state index contributed by atoms with van der Waals surface area (Å²) in [5.74, 6) is 0.340. The first kappa shape index (κ1) is 21.9. The molecule has 0 aliphatic rings. The molecule has 0 heterocycles. The summed E-state index contributed by atoms with van der Waals surface area (Å²) in [5.41, 5.74) is 2.92. The number of amides is 1. The van der Waals surface area contributed by atoms with Crippen molar-refractivity contribution in [2.75, 3.05) is 19.9 Å². The van der Waals surface area contributed by atoms with E-state index < -0.39 is 22.0 Å². The van der Waals surface area contributed by atoms with E-state index in [9.17, 15) is 13.2 Å². The highest BCUT2D eigenvalue weighted by Gasteiger charge is 2.31. The molecule has 0 spiro atoms. The Morgan fingerprint density at radius 3 is 2.32 bits per heavy atom. The zero-order valence-electron chi connectivity index (χ0n) is 17.0. The van der Waals surface area contributed by atoms with Crippen LogP contribution in [0.4, 0.5) is 0 Å². The van der Waals surface area contributed by atoms with Gasteiger partial charge in [0, 0.05) is 7.05 Å². The minimum atomic E-state index is -3.55. The molecule has 152 valence electrons. The van der Waals surface area contributed by atoms with E-state index in [1.54, 1.807) is 24.3 Å². The molecule has 1 N–H and O–H groups in total. The summed E-state index contributed by atoms with van der Waals surface area (Å²) < 4.78 is 30.9. The van der Waals surface area contributed by atoms with Crippen molar-refractivity contribution in [1.29, 1.82) is 0 Å². The van der Waals surface area contributed by atoms with Crippen LogP contribution in [0.25, 0.3) is 0 Å². The smallest absolute Gasteiger partial charge is 0.243 e. The number of carbonyl (C=O) groups excluding carboxylic acids is 1. The SMILES string of the molecule is Cc1ccc(OC[C@H](C)NC(=O)[C@H](c2ccccc2)N(C)S(C)(=O)=O)cc1C. The van der Waals surface area contributed by atoms with Gasteiger partial charge in [-0.15, -0.1) is 0 Å². The van der Waals surface area contributed by atoms with Crippen molar-refractivity contribution in [1.82, 2.24) is 9.62 Å². The maximum absolute atomic E-state index is 12.9. The Hall–Kier alpha value is -2.38. The molecule has 0 bridgehead atoms. The molecule has 0 aliphatic carbocycles. The second-order valence-corrected chi connectivity index (χ2v) is 9.10. The Morgan fingerprint density at radius 1 is 1.11 bits per heavy atom. The fourth-order valence-corrected chi connectivity index (χ4v) is 3.34. The lowest BCUT2D eigenvalue weighted by Crippen LogP contribution is -2.45. The van der Waals surface area contributed by atoms with Crippen LogP contribution in [-0.2, 0) is 14.8 Å². The molecule has 0 aromatic heterocycles. The number of hydrogen-bond acceptors (Lipinski definition) is 4. The molecule has 1 amide bonds. The highest BCUT2D eigenvalue weighted by Crippen LogP contribution is 2.22. The third-order valence-corrected chi connectivity index (χ3v) is 5.87. The van der Waals surface area contributed by atoms with E-state index in [0.29, 0.717) is 5.56 Å². The summed E-state index contributed by atoms with van der Waals surface area (Å²) in [7, 11) is -2.15. The summed E-state index contributed by atoms with van der Waals surface area (Å²) in [6.45, 7) is 6.14. The summed E-state index contributed by atoms with van der Waals surface area (Å²) in [5, 5.41) is 2.86. The van der Waals surface area contributed by atoms with Crippen LogP contribution in [0.1, 0.15) is 29.7 Å². The van der Waals surface area contributed by atoms with Gasteiger partial charge < -0.3 is 10.1 Å². The average molecular weight is 405 g/mol. The summed E-state index contributed by atoms with van der Waals surface area (Å²) in [6, 6.07) is 13.4. The van der Waals surface area contributed by atoms with E-state index in [1.807, 2.05) is 45.0 Å². The predicted octanol–water partition coefficient (Wildman–Crippen LogP) is 2.82. The van der Waals surface area contributed by atoms with Crippen molar-refractivity contribution in [2.24, 2.45) is 0 Å². The van der Waals surface area contributed by atoms with Gasteiger partial charge in [0.05, 0.1) is 12.3 Å². The van der Waals surface area contributed by atoms with Gasteiger partial charge in [0.25, 0.3) is 0 Å². The zero-order chi connectivity index (χ0) is 20.9. The van der Waals surface area contributed by atoms with Crippen LogP contribution in [0.3, 0.4) is 0 Å². The summed E-state index contributed by atoms with van der Waals surface area (Å²) in [6.07, 6.45) is 1.09. The van der Waals surface area contributed by atoms with Crippen molar-refractivity contribution in [3.8, 4) is 5.75 Å². The molecule has 28 heavy (non-hydrogen) atoms. The third kappa shape index (κ3) is 5.81. The minimum Gasteiger partial charge on any atom is -0.491 e. The number of nitrogens with zero attached hydrogens (tertiary/aromatic N) is 1. The molecule has 7 heteroatoms. The molecule has 0 unspecified atom stereocenters. The van der Waals surface area contributed by atoms with E-state index in [-0.39, 0.29) is 12.6 Å². The third-order valence-electron chi connectivity index (χ3n) is 4.62. The second-order valence-electron chi connectivity index (χ2n) is 7.06. The maximum atomic E-state index is 12.9. The quantitative estimate of drug-likeness (QED) is 0.734. The molecule has 0 radical (unpaired) electrons. The predicted molar refractivity (Wildman–Crippen MR) is 111 cm³/mol. The molecular weight excluding hydrogens is 376 g/mol. The second kappa shape index (κ2) is 9.21. The Kier molecular flexibility index (Phi) is 7.21. The van der Waals surface area contributed by atoms with Gasteiger partial charge in [-0.1, -0.05) is 36.4 Å². The van der Waals surface area contributed by atoms with Crippen molar-refractivity contribution in [3.63, 3.8) is 0 Å². The Morgan fingerprint density at radius 2 is 1.75 bits per heavy atom. The van der Waals surface area contributed by atoms with Gasteiger partial charge in [0.1, 0.15) is 18.4 Å². The number of benzene rings is 2. The fraction of sp³-hybridized carbons (Fsp3) is 0.381. The standard InChI is InChI=1S/C21H28N2O4S/c1-15-11-12-19(13-16(15)2)27-14-17(3)22-21(24)20(23(4)28(5,25)26)18-9-7-6-8-10-18/h6-13,17,20H,14H2,1-5H3,(H,22,24)/t17-,20-/m0/s1. The van der Waals surface area contributed by atoms with Crippen LogP contribution in [0.2, 0.25) is 0 Å². The Labute approximate surface area is 167 Å². The molecule has 2 rings (SSSR count). The van der Waals surface area contributed by atoms with E-state index in [4.69, 9.17) is 4.74 Å². The lowest BCUT2D eigenvalue weighted by Gasteiger charge is -2.27. The van der Waals surface area contributed by atoms with Crippen LogP contribution in [0.5, 0.6) is 5.75 Å². The monoisotopic (exact) mass is 404 g/mol. The molecule has 0 fully saturated rings. The maximum Gasteiger partial charge on any atom is 0.243 e. The van der Waals surface area contributed by atoms with E-state index in [0.717, 1.165) is 21.9 Å². The highest BCUT2D eigenvalue weighted by atomic mass is 32.2. The average Bonchev–Trinajstić information content (AvgIpc) is 2.63. The first-order chi connectivity index (χ1) is 13.1. The highest BCUT2D eigenvalue weighted by molar-refractivity contribution is 7.88. The van der Waals surface area contributed by atoms with Crippen molar-refractivity contribution in [2.45, 2.75) is 32.9 Å². The summed E-state index contributed by atoms with van der Waals surface area (Å²) in [4.78, 5) is 12.9. The van der Waals surface area contributed by atoms with Gasteiger partial charge in [0.2, 0.25) is 15.9 Å². The lowest BCUT2D eigenvalue weighted by molar-refractivity contribution is -0.125. The minimum absolute atomic E-state index is 0.276. The van der Waals surface area contributed by atoms with Crippen LogP contribution >= 0.6 is 0 Å². The van der Waals surface area contributed by atoms with E-state index in [1.165, 1.54) is 12.6 Å². The number of likely N-dealkylation sites (N-methyl/N-ethyl adjacent to an activating group) is 1. The fourth-order valence-electron chi connectivity index (χ4n) is 2.74. The lowest BCUT2D eigenvalue weighted by atomic mass is 10.1. The molecule has 0 saturated carbocycles. The number of carbonyl (C=O) groups is 1. The largest absolute Gasteiger partial charge is 0.491 e. The number of nitrogens with one attached hydrogen (secondary N) is 1. The number of hydrogen-bond donors (Lipinski definition) is 1. The van der Waals surface area contributed by atoms with Crippen LogP contribution in [0, 0.1) is 13.8 Å². The van der Waals surface area contributed by atoms with Gasteiger partial charge in [-0.05, 0) is 49.6 Å². The normalized spacial score (nSPS) is 13.8. The van der Waals surface area contributed by atoms with Crippen molar-refractivity contribution in [3.05, 3.63) is 65.2 Å². The van der Waals surface area contributed by atoms with Crippen molar-refractivity contribution >= 4 is 15.9 Å². The molecule has 0 aliphatic heterocycles. The zero-order valence-corrected chi connectivity index (χ0v) is 17.8. The van der Waals surface area contributed by atoms with Crippen LogP contribution < -0.4 is 10.1 Å².